The molecule has 7 heteroatoms. The maximum Gasteiger partial charge on any atom is 0.160 e. The van der Waals surface area contributed by atoms with Gasteiger partial charge >= 0.3 is 0 Å². The first-order chi connectivity index (χ1) is 12.9. The maximum atomic E-state index is 11.0. The first kappa shape index (κ1) is 20.8. The molecule has 2 aromatic rings. The zero-order valence-electron chi connectivity index (χ0n) is 15.4. The summed E-state index contributed by atoms with van der Waals surface area (Å²) in [5.74, 6) is -0.146. The number of benzene rings is 2. The third-order valence-corrected chi connectivity index (χ3v) is 4.73. The third-order valence-electron chi connectivity index (χ3n) is 4.73. The zero-order valence-corrected chi connectivity index (χ0v) is 15.4. The van der Waals surface area contributed by atoms with E-state index in [0.29, 0.717) is 11.3 Å². The van der Waals surface area contributed by atoms with E-state index in [0.717, 1.165) is 5.56 Å². The zero-order chi connectivity index (χ0) is 20.0. The van der Waals surface area contributed by atoms with Crippen molar-refractivity contribution in [2.75, 3.05) is 27.4 Å². The predicted octanol–water partition coefficient (Wildman–Crippen LogP) is 1.23. The highest BCUT2D eigenvalue weighted by atomic mass is 16.5. The Kier molecular flexibility index (Phi) is 6.90. The first-order valence-corrected chi connectivity index (χ1v) is 8.52. The van der Waals surface area contributed by atoms with Crippen molar-refractivity contribution >= 4 is 0 Å². The molecule has 0 unspecified atom stereocenters. The maximum absolute atomic E-state index is 11.0. The van der Waals surface area contributed by atoms with E-state index in [1.54, 1.807) is 24.3 Å². The molecule has 148 valence electrons. The number of aliphatic hydroxyl groups is 3. The van der Waals surface area contributed by atoms with Gasteiger partial charge in [0.2, 0.25) is 0 Å². The van der Waals surface area contributed by atoms with Gasteiger partial charge in [-0.3, -0.25) is 0 Å². The summed E-state index contributed by atoms with van der Waals surface area (Å²) in [6.45, 7) is -0.911. The van der Waals surface area contributed by atoms with Crippen LogP contribution in [0.3, 0.4) is 0 Å². The van der Waals surface area contributed by atoms with Crippen LogP contribution in [0.5, 0.6) is 23.0 Å². The Bertz CT molecular complexity index is 762. The minimum absolute atomic E-state index is 0.00425. The van der Waals surface area contributed by atoms with Gasteiger partial charge in [-0.25, -0.2) is 0 Å². The highest BCUT2D eigenvalue weighted by Gasteiger charge is 2.36. The molecule has 0 radical (unpaired) electrons. The Labute approximate surface area is 158 Å². The van der Waals surface area contributed by atoms with Crippen LogP contribution < -0.4 is 9.47 Å². The second-order valence-electron chi connectivity index (χ2n) is 6.53. The number of hydrogen-bond donors (Lipinski definition) is 5. The SMILES string of the molecule is COc1cc(C[C@H](CO)[C@@](O)(CO)Cc2ccc(O)c(OC)c2)ccc1O. The van der Waals surface area contributed by atoms with Crippen LogP contribution in [0.25, 0.3) is 0 Å². The van der Waals surface area contributed by atoms with E-state index in [1.807, 2.05) is 0 Å². The molecule has 2 atom stereocenters. The van der Waals surface area contributed by atoms with Crippen molar-refractivity contribution in [2.45, 2.75) is 18.4 Å². The lowest BCUT2D eigenvalue weighted by molar-refractivity contribution is -0.0764. The molecule has 0 aliphatic rings. The molecule has 0 aromatic heterocycles. The molecule has 0 fully saturated rings. The van der Waals surface area contributed by atoms with E-state index in [9.17, 15) is 25.5 Å². The van der Waals surface area contributed by atoms with Gasteiger partial charge in [0.1, 0.15) is 0 Å². The number of phenols is 2. The summed E-state index contributed by atoms with van der Waals surface area (Å²) < 4.78 is 10.2. The van der Waals surface area contributed by atoms with Crippen molar-refractivity contribution in [3.63, 3.8) is 0 Å². The molecule has 0 aliphatic heterocycles. The summed E-state index contributed by atoms with van der Waals surface area (Å²) in [7, 11) is 2.86. The molecule has 0 spiro atoms. The Morgan fingerprint density at radius 1 is 0.889 bits per heavy atom. The number of hydrogen-bond acceptors (Lipinski definition) is 7. The van der Waals surface area contributed by atoms with Gasteiger partial charge < -0.3 is 35.0 Å². The lowest BCUT2D eigenvalue weighted by atomic mass is 9.79. The minimum Gasteiger partial charge on any atom is -0.504 e. The van der Waals surface area contributed by atoms with Crippen LogP contribution in [0.4, 0.5) is 0 Å². The number of rotatable bonds is 9. The Morgan fingerprint density at radius 3 is 1.89 bits per heavy atom. The van der Waals surface area contributed by atoms with Crippen molar-refractivity contribution < 1.29 is 35.0 Å². The lowest BCUT2D eigenvalue weighted by Gasteiger charge is -2.34. The van der Waals surface area contributed by atoms with Crippen molar-refractivity contribution in [2.24, 2.45) is 5.92 Å². The first-order valence-electron chi connectivity index (χ1n) is 8.52. The van der Waals surface area contributed by atoms with Gasteiger partial charge in [-0.2, -0.15) is 0 Å². The van der Waals surface area contributed by atoms with E-state index in [4.69, 9.17) is 9.47 Å². The Morgan fingerprint density at radius 2 is 1.41 bits per heavy atom. The molecule has 0 bridgehead atoms. The topological polar surface area (TPSA) is 120 Å². The fourth-order valence-electron chi connectivity index (χ4n) is 3.07. The summed E-state index contributed by atoms with van der Waals surface area (Å²) in [6.07, 6.45) is 0.319. The monoisotopic (exact) mass is 378 g/mol. The van der Waals surface area contributed by atoms with E-state index < -0.39 is 18.1 Å². The van der Waals surface area contributed by atoms with Crippen LogP contribution in [0.15, 0.2) is 36.4 Å². The van der Waals surface area contributed by atoms with E-state index >= 15 is 0 Å². The van der Waals surface area contributed by atoms with Gasteiger partial charge in [-0.05, 0) is 41.8 Å². The molecule has 2 aromatic carbocycles. The van der Waals surface area contributed by atoms with Crippen molar-refractivity contribution in [1.29, 1.82) is 0 Å². The average molecular weight is 378 g/mol. The second-order valence-corrected chi connectivity index (χ2v) is 6.53. The molecule has 0 amide bonds. The van der Waals surface area contributed by atoms with E-state index in [2.05, 4.69) is 0 Å². The summed E-state index contributed by atoms with van der Waals surface area (Å²) in [5, 5.41) is 50.1. The van der Waals surface area contributed by atoms with Gasteiger partial charge in [0, 0.05) is 18.9 Å². The summed E-state index contributed by atoms with van der Waals surface area (Å²) in [5.41, 5.74) is -0.219. The number of phenolic OH excluding ortho intramolecular Hbond substituents is 2. The third kappa shape index (κ3) is 4.82. The smallest absolute Gasteiger partial charge is 0.160 e. The van der Waals surface area contributed by atoms with Crippen LogP contribution in [0.1, 0.15) is 11.1 Å². The number of ether oxygens (including phenoxy) is 2. The summed E-state index contributed by atoms with van der Waals surface area (Å²) in [6, 6.07) is 9.42. The highest BCUT2D eigenvalue weighted by molar-refractivity contribution is 5.43. The van der Waals surface area contributed by atoms with Gasteiger partial charge in [-0.1, -0.05) is 12.1 Å². The van der Waals surface area contributed by atoms with Crippen molar-refractivity contribution in [1.82, 2.24) is 0 Å². The fourth-order valence-corrected chi connectivity index (χ4v) is 3.07. The average Bonchev–Trinajstić information content (AvgIpc) is 2.68. The number of methoxy groups -OCH3 is 2. The molecule has 0 saturated carbocycles. The van der Waals surface area contributed by atoms with Gasteiger partial charge in [0.15, 0.2) is 23.0 Å². The van der Waals surface area contributed by atoms with Gasteiger partial charge in [-0.15, -0.1) is 0 Å². The lowest BCUT2D eigenvalue weighted by Crippen LogP contribution is -2.46. The van der Waals surface area contributed by atoms with Crippen LogP contribution in [-0.4, -0.2) is 58.6 Å². The second kappa shape index (κ2) is 8.94. The normalized spacial score (nSPS) is 14.4. The van der Waals surface area contributed by atoms with Crippen LogP contribution in [0.2, 0.25) is 0 Å². The number of aliphatic hydroxyl groups excluding tert-OH is 2. The van der Waals surface area contributed by atoms with Crippen LogP contribution in [-0.2, 0) is 12.8 Å². The van der Waals surface area contributed by atoms with Crippen LogP contribution >= 0.6 is 0 Å². The van der Waals surface area contributed by atoms with Crippen molar-refractivity contribution in [3.05, 3.63) is 47.5 Å². The quantitative estimate of drug-likeness (QED) is 0.445. The van der Waals surface area contributed by atoms with Gasteiger partial charge in [0.05, 0.1) is 26.4 Å². The molecule has 2 rings (SSSR count). The Hall–Kier alpha value is -2.48. The summed E-state index contributed by atoms with van der Waals surface area (Å²) in [4.78, 5) is 0. The van der Waals surface area contributed by atoms with Gasteiger partial charge in [0.25, 0.3) is 0 Å². The fraction of sp³-hybridized carbons (Fsp3) is 0.400. The molecule has 0 heterocycles. The molecular formula is C20H26O7. The standard InChI is InChI=1S/C20H26O7/c1-26-18-8-13(3-5-16(18)23)7-15(11-21)20(25,12-22)10-14-4-6-17(24)19(9-14)27-2/h3-6,8-9,15,21-25H,7,10-12H2,1-2H3/t15-,20+/m1/s1. The highest BCUT2D eigenvalue weighted by Crippen LogP contribution is 2.32. The van der Waals surface area contributed by atoms with E-state index in [-0.39, 0.29) is 36.7 Å². The van der Waals surface area contributed by atoms with E-state index in [1.165, 1.54) is 26.4 Å². The number of aromatic hydroxyl groups is 2. The molecule has 27 heavy (non-hydrogen) atoms. The largest absolute Gasteiger partial charge is 0.504 e. The summed E-state index contributed by atoms with van der Waals surface area (Å²) >= 11 is 0. The Balaban J connectivity index is 2.25. The van der Waals surface area contributed by atoms with Crippen LogP contribution in [0, 0.1) is 5.92 Å². The predicted molar refractivity (Wildman–Crippen MR) is 99.3 cm³/mol. The molecule has 7 nitrogen and oxygen atoms in total. The molecule has 0 aliphatic carbocycles. The van der Waals surface area contributed by atoms with Crippen molar-refractivity contribution in [3.8, 4) is 23.0 Å². The minimum atomic E-state index is -1.60. The molecular weight excluding hydrogens is 352 g/mol. The molecule has 5 N–H and O–H groups in total. The molecule has 0 saturated heterocycles.